The van der Waals surface area contributed by atoms with Crippen LogP contribution in [0.4, 0.5) is 24.8 Å². The maximum Gasteiger partial charge on any atom is 0.416 e. The van der Waals surface area contributed by atoms with Gasteiger partial charge in [0.25, 0.3) is 5.91 Å². The third kappa shape index (κ3) is 5.39. The van der Waals surface area contributed by atoms with E-state index in [1.54, 1.807) is 19.5 Å². The molecule has 2 aromatic heterocycles. The molecular weight excluding hydrogens is 583 g/mol. The summed E-state index contributed by atoms with van der Waals surface area (Å²) < 4.78 is 50.9. The standard InChI is InChI=1S/C33H40F3N7O2/c1-31(9-6-10-31)37-17-20-11-24-25(26(12-20)33(34,35)36)18-43(29(24)44)28-14-21(13-27(40-28)39-22-7-4-5-8-22)32(15-23(16-32)45-3)30-41-38-19-42(30)2/h11-14,19,22-23,37H,4-10,15-18H2,1-3H3,(H,39,40)/t23-,32+. The molecule has 1 aliphatic heterocycles. The summed E-state index contributed by atoms with van der Waals surface area (Å²) in [5.41, 5.74) is 0.0385. The molecule has 0 bridgehead atoms. The zero-order valence-electron chi connectivity index (χ0n) is 26.0. The first-order chi connectivity index (χ1) is 21.5. The first-order valence-electron chi connectivity index (χ1n) is 15.9. The maximum atomic E-state index is 14.5. The predicted molar refractivity (Wildman–Crippen MR) is 163 cm³/mol. The topological polar surface area (TPSA) is 97.2 Å². The minimum absolute atomic E-state index is 0.00489. The van der Waals surface area contributed by atoms with Crippen molar-refractivity contribution in [1.82, 2.24) is 25.1 Å². The van der Waals surface area contributed by atoms with Crippen molar-refractivity contribution in [3.05, 3.63) is 64.2 Å². The molecule has 3 heterocycles. The van der Waals surface area contributed by atoms with Gasteiger partial charge >= 0.3 is 6.18 Å². The first kappa shape index (κ1) is 30.2. The molecule has 7 rings (SSSR count). The number of nitrogens with one attached hydrogen (secondary N) is 2. The van der Waals surface area contributed by atoms with Crippen molar-refractivity contribution < 1.29 is 22.7 Å². The molecule has 0 radical (unpaired) electrons. The average molecular weight is 624 g/mol. The number of hydrogen-bond donors (Lipinski definition) is 2. The van der Waals surface area contributed by atoms with Gasteiger partial charge in [0.05, 0.1) is 23.6 Å². The lowest BCUT2D eigenvalue weighted by Crippen LogP contribution is -2.48. The zero-order valence-corrected chi connectivity index (χ0v) is 26.0. The number of anilines is 2. The van der Waals surface area contributed by atoms with E-state index in [0.717, 1.165) is 56.3 Å². The summed E-state index contributed by atoms with van der Waals surface area (Å²) in [5.74, 6) is 1.23. The second-order valence-electron chi connectivity index (χ2n) is 13.7. The summed E-state index contributed by atoms with van der Waals surface area (Å²) in [6.45, 7) is 2.15. The van der Waals surface area contributed by atoms with Crippen LogP contribution >= 0.6 is 0 Å². The number of nitrogens with zero attached hydrogens (tertiary/aromatic N) is 5. The van der Waals surface area contributed by atoms with Crippen molar-refractivity contribution in [2.45, 2.75) is 107 Å². The fraction of sp³-hybridized carbons (Fsp3) is 0.576. The number of alkyl halides is 3. The number of carbonyl (C=O) groups excluding carboxylic acids is 1. The van der Waals surface area contributed by atoms with E-state index in [1.165, 1.54) is 11.0 Å². The maximum absolute atomic E-state index is 14.5. The van der Waals surface area contributed by atoms with Crippen LogP contribution in [0.2, 0.25) is 0 Å². The Morgan fingerprint density at radius 2 is 1.84 bits per heavy atom. The normalized spacial score (nSPS) is 24.4. The first-order valence-corrected chi connectivity index (χ1v) is 15.9. The fourth-order valence-electron chi connectivity index (χ4n) is 7.64. The molecule has 1 aromatic carbocycles. The summed E-state index contributed by atoms with van der Waals surface area (Å²) in [5, 5.41) is 15.6. The Bertz CT molecular complexity index is 1600. The van der Waals surface area contributed by atoms with E-state index < -0.39 is 23.1 Å². The van der Waals surface area contributed by atoms with Crippen molar-refractivity contribution in [1.29, 1.82) is 0 Å². The van der Waals surface area contributed by atoms with Gasteiger partial charge in [-0.05, 0) is 92.8 Å². The summed E-state index contributed by atoms with van der Waals surface area (Å²) in [6.07, 6.45) is 5.74. The molecule has 12 heteroatoms. The van der Waals surface area contributed by atoms with Crippen LogP contribution in [0, 0.1) is 0 Å². The Labute approximate surface area is 260 Å². The highest BCUT2D eigenvalue weighted by molar-refractivity contribution is 6.10. The van der Waals surface area contributed by atoms with Crippen molar-refractivity contribution in [2.24, 2.45) is 7.05 Å². The molecule has 3 fully saturated rings. The van der Waals surface area contributed by atoms with Crippen LogP contribution in [0.15, 0.2) is 30.6 Å². The smallest absolute Gasteiger partial charge is 0.381 e. The molecule has 0 atom stereocenters. The van der Waals surface area contributed by atoms with Gasteiger partial charge in [-0.3, -0.25) is 9.69 Å². The number of carbonyl (C=O) groups is 1. The molecule has 4 aliphatic rings. The van der Waals surface area contributed by atoms with E-state index in [1.807, 2.05) is 23.7 Å². The quantitative estimate of drug-likeness (QED) is 0.308. The highest BCUT2D eigenvalue weighted by Gasteiger charge is 2.51. The molecule has 2 N–H and O–H groups in total. The van der Waals surface area contributed by atoms with Gasteiger partial charge in [-0.1, -0.05) is 12.8 Å². The van der Waals surface area contributed by atoms with E-state index in [9.17, 15) is 18.0 Å². The number of halogens is 3. The van der Waals surface area contributed by atoms with Gasteiger partial charge in [0.1, 0.15) is 23.8 Å². The van der Waals surface area contributed by atoms with E-state index in [-0.39, 0.29) is 41.9 Å². The van der Waals surface area contributed by atoms with Crippen molar-refractivity contribution in [3.63, 3.8) is 0 Å². The minimum Gasteiger partial charge on any atom is -0.381 e. The minimum atomic E-state index is -4.60. The Morgan fingerprint density at radius 3 is 2.47 bits per heavy atom. The monoisotopic (exact) mass is 623 g/mol. The fourth-order valence-corrected chi connectivity index (χ4v) is 7.64. The van der Waals surface area contributed by atoms with Gasteiger partial charge in [-0.25, -0.2) is 4.98 Å². The van der Waals surface area contributed by atoms with Gasteiger partial charge in [0, 0.05) is 37.8 Å². The van der Waals surface area contributed by atoms with E-state index in [0.29, 0.717) is 30.0 Å². The van der Waals surface area contributed by atoms with Gasteiger partial charge in [0.2, 0.25) is 0 Å². The average Bonchev–Trinajstić information content (AvgIpc) is 3.71. The SMILES string of the molecule is CO[C@H]1C[C@@](c2cc(NC3CCCC3)nc(N3Cc4c(cc(CNC5(C)CCC5)cc4C(F)(F)F)C3=O)c2)(c2nncn2C)C1. The molecule has 240 valence electrons. The number of hydrogen-bond acceptors (Lipinski definition) is 7. The second-order valence-corrected chi connectivity index (χ2v) is 13.7. The van der Waals surface area contributed by atoms with Crippen LogP contribution in [-0.4, -0.2) is 50.5 Å². The highest BCUT2D eigenvalue weighted by Crippen LogP contribution is 2.51. The zero-order chi connectivity index (χ0) is 31.6. The second kappa shape index (κ2) is 11.1. The summed E-state index contributed by atoms with van der Waals surface area (Å²) in [4.78, 5) is 20.3. The molecule has 0 spiro atoms. The Balaban J connectivity index is 1.28. The largest absolute Gasteiger partial charge is 0.416 e. The van der Waals surface area contributed by atoms with Crippen LogP contribution in [0.5, 0.6) is 0 Å². The Hall–Kier alpha value is -3.51. The number of fused-ring (bicyclic) bond motifs is 1. The molecule has 3 aromatic rings. The lowest BCUT2D eigenvalue weighted by Gasteiger charge is -2.46. The molecule has 1 amide bonds. The molecule has 3 saturated carbocycles. The van der Waals surface area contributed by atoms with E-state index >= 15 is 0 Å². The number of aromatic nitrogens is 4. The summed E-state index contributed by atoms with van der Waals surface area (Å²) in [7, 11) is 3.58. The number of rotatable bonds is 9. The van der Waals surface area contributed by atoms with Gasteiger partial charge < -0.3 is 19.9 Å². The van der Waals surface area contributed by atoms with Crippen LogP contribution in [0.25, 0.3) is 0 Å². The number of pyridine rings is 1. The van der Waals surface area contributed by atoms with Gasteiger partial charge in [-0.15, -0.1) is 10.2 Å². The van der Waals surface area contributed by atoms with Crippen molar-refractivity contribution >= 4 is 17.5 Å². The molecule has 45 heavy (non-hydrogen) atoms. The van der Waals surface area contributed by atoms with Crippen LogP contribution in [0.1, 0.15) is 103 Å². The number of aryl methyl sites for hydroxylation is 1. The molecular formula is C33H40F3N7O2. The lowest BCUT2D eigenvalue weighted by molar-refractivity contribution is -0.138. The third-order valence-electron chi connectivity index (χ3n) is 10.6. The van der Waals surface area contributed by atoms with E-state index in [4.69, 9.17) is 9.72 Å². The number of benzene rings is 1. The predicted octanol–water partition coefficient (Wildman–Crippen LogP) is 5.87. The van der Waals surface area contributed by atoms with Crippen molar-refractivity contribution in [2.75, 3.05) is 17.3 Å². The van der Waals surface area contributed by atoms with Gasteiger partial charge in [0.15, 0.2) is 0 Å². The summed E-state index contributed by atoms with van der Waals surface area (Å²) in [6, 6.07) is 6.92. The molecule has 0 unspecified atom stereocenters. The Kier molecular flexibility index (Phi) is 7.43. The van der Waals surface area contributed by atoms with Crippen LogP contribution < -0.4 is 15.5 Å². The highest BCUT2D eigenvalue weighted by atomic mass is 19.4. The Morgan fingerprint density at radius 1 is 1.09 bits per heavy atom. The van der Waals surface area contributed by atoms with Crippen molar-refractivity contribution in [3.8, 4) is 0 Å². The molecule has 9 nitrogen and oxygen atoms in total. The lowest BCUT2D eigenvalue weighted by atomic mass is 9.62. The third-order valence-corrected chi connectivity index (χ3v) is 10.6. The van der Waals surface area contributed by atoms with Gasteiger partial charge in [-0.2, -0.15) is 13.2 Å². The van der Waals surface area contributed by atoms with Crippen LogP contribution in [-0.2, 0) is 36.5 Å². The summed E-state index contributed by atoms with van der Waals surface area (Å²) >= 11 is 0. The van der Waals surface area contributed by atoms with E-state index in [2.05, 4.69) is 27.8 Å². The number of methoxy groups -OCH3 is 1. The number of ether oxygens (including phenoxy) is 1. The molecule has 3 aliphatic carbocycles. The number of amides is 1. The van der Waals surface area contributed by atoms with Crippen LogP contribution in [0.3, 0.4) is 0 Å². The molecule has 0 saturated heterocycles.